The summed E-state index contributed by atoms with van der Waals surface area (Å²) in [4.78, 5) is 1.12. The Labute approximate surface area is 120 Å². The number of nitrogens with two attached hydrogens (primary N) is 1. The summed E-state index contributed by atoms with van der Waals surface area (Å²) in [6, 6.07) is 7.10. The van der Waals surface area contributed by atoms with Crippen LogP contribution in [0.25, 0.3) is 0 Å². The molecular formula is C15H16F3NS. The van der Waals surface area contributed by atoms with E-state index in [1.54, 1.807) is 11.3 Å². The van der Waals surface area contributed by atoms with Gasteiger partial charge in [-0.05, 0) is 47.5 Å². The molecule has 0 saturated heterocycles. The van der Waals surface area contributed by atoms with Crippen molar-refractivity contribution in [1.82, 2.24) is 0 Å². The standard InChI is InChI=1S/C15H16F3NS/c1-2-11-7-8-20-14(11)13(19)9-10-3-5-12(6-4-10)15(16,17)18/h3-8,13H,2,9,19H2,1H3. The quantitative estimate of drug-likeness (QED) is 0.879. The Morgan fingerprint density at radius 1 is 1.15 bits per heavy atom. The van der Waals surface area contributed by atoms with Gasteiger partial charge in [0.2, 0.25) is 0 Å². The number of hydrogen-bond donors (Lipinski definition) is 1. The molecule has 0 spiro atoms. The summed E-state index contributed by atoms with van der Waals surface area (Å²) >= 11 is 1.60. The van der Waals surface area contributed by atoms with Crippen molar-refractivity contribution in [2.75, 3.05) is 0 Å². The third-order valence-electron chi connectivity index (χ3n) is 3.24. The Kier molecular flexibility index (Phi) is 4.50. The molecule has 0 saturated carbocycles. The zero-order valence-corrected chi connectivity index (χ0v) is 11.9. The molecule has 2 aromatic rings. The summed E-state index contributed by atoms with van der Waals surface area (Å²) in [5.74, 6) is 0. The first-order chi connectivity index (χ1) is 9.41. The molecule has 1 atom stereocenters. The molecule has 1 unspecified atom stereocenters. The van der Waals surface area contributed by atoms with Gasteiger partial charge in [-0.25, -0.2) is 0 Å². The van der Waals surface area contributed by atoms with E-state index in [2.05, 4.69) is 6.92 Å². The number of hydrogen-bond acceptors (Lipinski definition) is 2. The average molecular weight is 299 g/mol. The molecule has 1 aromatic heterocycles. The maximum absolute atomic E-state index is 12.5. The molecule has 0 aliphatic heterocycles. The molecule has 0 fully saturated rings. The van der Waals surface area contributed by atoms with Crippen LogP contribution in [0, 0.1) is 0 Å². The second kappa shape index (κ2) is 5.97. The third-order valence-corrected chi connectivity index (χ3v) is 4.33. The van der Waals surface area contributed by atoms with E-state index in [9.17, 15) is 13.2 Å². The van der Waals surface area contributed by atoms with E-state index in [-0.39, 0.29) is 6.04 Å². The maximum Gasteiger partial charge on any atom is 0.416 e. The van der Waals surface area contributed by atoms with E-state index in [1.807, 2.05) is 11.4 Å². The lowest BCUT2D eigenvalue weighted by molar-refractivity contribution is -0.137. The van der Waals surface area contributed by atoms with E-state index in [1.165, 1.54) is 17.7 Å². The predicted molar refractivity (Wildman–Crippen MR) is 75.8 cm³/mol. The summed E-state index contributed by atoms with van der Waals surface area (Å²) in [6.07, 6.45) is -2.82. The highest BCUT2D eigenvalue weighted by Crippen LogP contribution is 2.30. The van der Waals surface area contributed by atoms with Gasteiger partial charge >= 0.3 is 6.18 Å². The molecule has 0 aliphatic carbocycles. The van der Waals surface area contributed by atoms with Gasteiger partial charge < -0.3 is 5.73 Å². The molecular weight excluding hydrogens is 283 g/mol. The molecule has 5 heteroatoms. The number of alkyl halides is 3. The van der Waals surface area contributed by atoms with Gasteiger partial charge in [-0.2, -0.15) is 13.2 Å². The molecule has 1 nitrogen and oxygen atoms in total. The summed E-state index contributed by atoms with van der Waals surface area (Å²) in [6.45, 7) is 2.07. The van der Waals surface area contributed by atoms with Gasteiger partial charge in [0.1, 0.15) is 0 Å². The van der Waals surface area contributed by atoms with Crippen LogP contribution in [0.1, 0.15) is 34.5 Å². The first kappa shape index (κ1) is 15.1. The predicted octanol–water partition coefficient (Wildman–Crippen LogP) is 4.57. The van der Waals surface area contributed by atoms with Crippen LogP contribution >= 0.6 is 11.3 Å². The fourth-order valence-corrected chi connectivity index (χ4v) is 3.14. The number of benzene rings is 1. The highest BCUT2D eigenvalue weighted by atomic mass is 32.1. The maximum atomic E-state index is 12.5. The van der Waals surface area contributed by atoms with Crippen molar-refractivity contribution in [2.24, 2.45) is 5.73 Å². The molecule has 0 aliphatic rings. The van der Waals surface area contributed by atoms with Gasteiger partial charge in [-0.3, -0.25) is 0 Å². The van der Waals surface area contributed by atoms with E-state index in [0.717, 1.165) is 29.0 Å². The average Bonchev–Trinajstić information content (AvgIpc) is 2.86. The van der Waals surface area contributed by atoms with E-state index in [4.69, 9.17) is 5.73 Å². The SMILES string of the molecule is CCc1ccsc1C(N)Cc1ccc(C(F)(F)F)cc1. The van der Waals surface area contributed by atoms with Crippen LogP contribution in [0.2, 0.25) is 0 Å². The van der Waals surface area contributed by atoms with E-state index in [0.29, 0.717) is 6.42 Å². The van der Waals surface area contributed by atoms with Crippen LogP contribution in [-0.4, -0.2) is 0 Å². The third kappa shape index (κ3) is 3.41. The summed E-state index contributed by atoms with van der Waals surface area (Å²) in [7, 11) is 0. The Morgan fingerprint density at radius 3 is 2.35 bits per heavy atom. The second-order valence-corrected chi connectivity index (χ2v) is 5.62. The fraction of sp³-hybridized carbons (Fsp3) is 0.333. The first-order valence-electron chi connectivity index (χ1n) is 6.39. The largest absolute Gasteiger partial charge is 0.416 e. The van der Waals surface area contributed by atoms with Gasteiger partial charge in [0.15, 0.2) is 0 Å². The lowest BCUT2D eigenvalue weighted by atomic mass is 10.0. The monoisotopic (exact) mass is 299 g/mol. The topological polar surface area (TPSA) is 26.0 Å². The lowest BCUT2D eigenvalue weighted by Gasteiger charge is -2.13. The number of aryl methyl sites for hydroxylation is 1. The van der Waals surface area contributed by atoms with Crippen LogP contribution in [0.5, 0.6) is 0 Å². The summed E-state index contributed by atoms with van der Waals surface area (Å²) in [5, 5.41) is 2.00. The van der Waals surface area contributed by atoms with E-state index >= 15 is 0 Å². The van der Waals surface area contributed by atoms with Crippen LogP contribution < -0.4 is 5.73 Å². The number of halogens is 3. The van der Waals surface area contributed by atoms with Crippen molar-refractivity contribution in [2.45, 2.75) is 32.0 Å². The molecule has 0 radical (unpaired) electrons. The fourth-order valence-electron chi connectivity index (χ4n) is 2.14. The molecule has 0 bridgehead atoms. The smallest absolute Gasteiger partial charge is 0.323 e. The van der Waals surface area contributed by atoms with Crippen LogP contribution in [0.15, 0.2) is 35.7 Å². The molecule has 20 heavy (non-hydrogen) atoms. The number of rotatable bonds is 4. The summed E-state index contributed by atoms with van der Waals surface area (Å²) in [5.41, 5.74) is 7.57. The Morgan fingerprint density at radius 2 is 1.80 bits per heavy atom. The van der Waals surface area contributed by atoms with Crippen LogP contribution in [-0.2, 0) is 19.0 Å². The highest BCUT2D eigenvalue weighted by Gasteiger charge is 2.30. The zero-order valence-electron chi connectivity index (χ0n) is 11.1. The normalized spacial score (nSPS) is 13.4. The zero-order chi connectivity index (χ0) is 14.8. The van der Waals surface area contributed by atoms with Crippen LogP contribution in [0.3, 0.4) is 0 Å². The second-order valence-electron chi connectivity index (χ2n) is 4.67. The van der Waals surface area contributed by atoms with Crippen LogP contribution in [0.4, 0.5) is 13.2 Å². The molecule has 0 amide bonds. The lowest BCUT2D eigenvalue weighted by Crippen LogP contribution is -2.13. The van der Waals surface area contributed by atoms with Gasteiger partial charge in [0, 0.05) is 10.9 Å². The Bertz CT molecular complexity index is 557. The van der Waals surface area contributed by atoms with Crippen molar-refractivity contribution < 1.29 is 13.2 Å². The summed E-state index contributed by atoms with van der Waals surface area (Å²) < 4.78 is 37.4. The molecule has 1 heterocycles. The Balaban J connectivity index is 2.10. The van der Waals surface area contributed by atoms with Crippen molar-refractivity contribution in [3.63, 3.8) is 0 Å². The van der Waals surface area contributed by atoms with E-state index < -0.39 is 11.7 Å². The molecule has 1 aromatic carbocycles. The van der Waals surface area contributed by atoms with Gasteiger partial charge in [0.05, 0.1) is 5.56 Å². The molecule has 2 N–H and O–H groups in total. The minimum Gasteiger partial charge on any atom is -0.323 e. The van der Waals surface area contributed by atoms with Crippen molar-refractivity contribution >= 4 is 11.3 Å². The minimum atomic E-state index is -4.29. The highest BCUT2D eigenvalue weighted by molar-refractivity contribution is 7.10. The van der Waals surface area contributed by atoms with Gasteiger partial charge in [-0.15, -0.1) is 11.3 Å². The number of thiophene rings is 1. The molecule has 2 rings (SSSR count). The Hall–Kier alpha value is -1.33. The van der Waals surface area contributed by atoms with Gasteiger partial charge in [-0.1, -0.05) is 19.1 Å². The van der Waals surface area contributed by atoms with Crippen molar-refractivity contribution in [1.29, 1.82) is 0 Å². The van der Waals surface area contributed by atoms with Gasteiger partial charge in [0.25, 0.3) is 0 Å². The first-order valence-corrected chi connectivity index (χ1v) is 7.27. The van der Waals surface area contributed by atoms with Crippen molar-refractivity contribution in [3.8, 4) is 0 Å². The minimum absolute atomic E-state index is 0.165. The van der Waals surface area contributed by atoms with Crippen molar-refractivity contribution in [3.05, 3.63) is 57.3 Å². The molecule has 108 valence electrons.